The summed E-state index contributed by atoms with van der Waals surface area (Å²) in [5, 5.41) is 18.6. The predicted octanol–water partition coefficient (Wildman–Crippen LogP) is 2.90. The van der Waals surface area contributed by atoms with Gasteiger partial charge in [0.25, 0.3) is 0 Å². The van der Waals surface area contributed by atoms with Crippen molar-refractivity contribution in [1.29, 1.82) is 5.26 Å². The second-order valence-corrected chi connectivity index (χ2v) is 3.13. The van der Waals surface area contributed by atoms with Crippen LogP contribution in [0.2, 0.25) is 0 Å². The third-order valence-corrected chi connectivity index (χ3v) is 2.26. The molecule has 0 spiro atoms. The Bertz CT molecular complexity index is 463. The van der Waals surface area contributed by atoms with E-state index in [-0.39, 0.29) is 5.76 Å². The van der Waals surface area contributed by atoms with Gasteiger partial charge in [-0.3, -0.25) is 0 Å². The van der Waals surface area contributed by atoms with Crippen molar-refractivity contribution < 1.29 is 5.11 Å². The third-order valence-electron chi connectivity index (χ3n) is 2.26. The first-order valence-electron chi connectivity index (χ1n) is 4.41. The Morgan fingerprint density at radius 1 is 1.29 bits per heavy atom. The molecule has 2 rings (SSSR count). The molecule has 0 atom stereocenters. The van der Waals surface area contributed by atoms with E-state index in [9.17, 15) is 5.11 Å². The number of fused-ring (bicyclic) bond motifs is 1. The Morgan fingerprint density at radius 2 is 2.07 bits per heavy atom. The van der Waals surface area contributed by atoms with Crippen molar-refractivity contribution in [2.24, 2.45) is 0 Å². The van der Waals surface area contributed by atoms with Gasteiger partial charge in [0.1, 0.15) is 5.76 Å². The SMILES string of the molecule is N#CC1=C(O)c2ccccc2C=CC1. The molecular weight excluding hydrogens is 174 g/mol. The van der Waals surface area contributed by atoms with Crippen LogP contribution in [0, 0.1) is 11.3 Å². The zero-order valence-corrected chi connectivity index (χ0v) is 7.57. The summed E-state index contributed by atoms with van der Waals surface area (Å²) in [6, 6.07) is 9.51. The molecular formula is C12H9NO. The van der Waals surface area contributed by atoms with E-state index in [2.05, 4.69) is 0 Å². The number of nitriles is 1. The van der Waals surface area contributed by atoms with Gasteiger partial charge in [0.05, 0.1) is 11.6 Å². The van der Waals surface area contributed by atoms with Crippen LogP contribution in [0.3, 0.4) is 0 Å². The molecule has 0 amide bonds. The average molecular weight is 183 g/mol. The van der Waals surface area contributed by atoms with E-state index in [4.69, 9.17) is 5.26 Å². The molecule has 0 aromatic heterocycles. The topological polar surface area (TPSA) is 44.0 Å². The van der Waals surface area contributed by atoms with E-state index >= 15 is 0 Å². The van der Waals surface area contributed by atoms with Crippen LogP contribution >= 0.6 is 0 Å². The van der Waals surface area contributed by atoms with Gasteiger partial charge in [0.15, 0.2) is 0 Å². The van der Waals surface area contributed by atoms with Crippen LogP contribution < -0.4 is 0 Å². The lowest BCUT2D eigenvalue weighted by Crippen LogP contribution is -1.89. The highest BCUT2D eigenvalue weighted by molar-refractivity contribution is 5.75. The van der Waals surface area contributed by atoms with Gasteiger partial charge in [-0.05, 0) is 5.56 Å². The molecule has 1 aromatic rings. The molecule has 0 radical (unpaired) electrons. The molecule has 14 heavy (non-hydrogen) atoms. The van der Waals surface area contributed by atoms with Gasteiger partial charge in [-0.1, -0.05) is 36.4 Å². The number of benzene rings is 1. The van der Waals surface area contributed by atoms with Gasteiger partial charge in [-0.2, -0.15) is 5.26 Å². The van der Waals surface area contributed by atoms with Crippen LogP contribution in [0.15, 0.2) is 35.9 Å². The molecule has 0 unspecified atom stereocenters. The summed E-state index contributed by atoms with van der Waals surface area (Å²) in [5.41, 5.74) is 2.11. The van der Waals surface area contributed by atoms with E-state index in [0.29, 0.717) is 12.0 Å². The van der Waals surface area contributed by atoms with Crippen LogP contribution in [0.1, 0.15) is 17.5 Å². The molecule has 1 aromatic carbocycles. The molecule has 2 heteroatoms. The predicted molar refractivity (Wildman–Crippen MR) is 55.3 cm³/mol. The highest BCUT2D eigenvalue weighted by Gasteiger charge is 2.12. The van der Waals surface area contributed by atoms with E-state index in [1.54, 1.807) is 0 Å². The van der Waals surface area contributed by atoms with Crippen LogP contribution in [-0.2, 0) is 0 Å². The molecule has 2 nitrogen and oxygen atoms in total. The van der Waals surface area contributed by atoms with Gasteiger partial charge in [-0.15, -0.1) is 0 Å². The van der Waals surface area contributed by atoms with Gasteiger partial charge in [0.2, 0.25) is 0 Å². The molecule has 0 saturated carbocycles. The minimum absolute atomic E-state index is 0.105. The summed E-state index contributed by atoms with van der Waals surface area (Å²) in [4.78, 5) is 0. The summed E-state index contributed by atoms with van der Waals surface area (Å²) in [6.45, 7) is 0. The maximum absolute atomic E-state index is 9.82. The van der Waals surface area contributed by atoms with Crippen LogP contribution in [0.25, 0.3) is 11.8 Å². The summed E-state index contributed by atoms with van der Waals surface area (Å²) >= 11 is 0. The van der Waals surface area contributed by atoms with Crippen molar-refractivity contribution >= 4 is 11.8 Å². The van der Waals surface area contributed by atoms with Crippen molar-refractivity contribution in [1.82, 2.24) is 0 Å². The number of aliphatic hydroxyl groups is 1. The highest BCUT2D eigenvalue weighted by Crippen LogP contribution is 2.26. The summed E-state index contributed by atoms with van der Waals surface area (Å²) < 4.78 is 0. The summed E-state index contributed by atoms with van der Waals surface area (Å²) in [7, 11) is 0. The number of nitrogens with zero attached hydrogens (tertiary/aromatic N) is 1. The standard InChI is InChI=1S/C12H9NO/c13-8-10-6-3-5-9-4-1-2-7-11(9)12(10)14/h1-5,7,14H,6H2. The molecule has 68 valence electrons. The maximum atomic E-state index is 9.82. The first-order chi connectivity index (χ1) is 6.83. The Morgan fingerprint density at radius 3 is 2.86 bits per heavy atom. The van der Waals surface area contributed by atoms with E-state index in [1.165, 1.54) is 0 Å². The maximum Gasteiger partial charge on any atom is 0.137 e. The lowest BCUT2D eigenvalue weighted by Gasteiger charge is -2.03. The van der Waals surface area contributed by atoms with Crippen molar-refractivity contribution in [3.63, 3.8) is 0 Å². The minimum atomic E-state index is 0.105. The number of allylic oxidation sites excluding steroid dienone is 2. The summed E-state index contributed by atoms with van der Waals surface area (Å²) in [5.74, 6) is 0.105. The van der Waals surface area contributed by atoms with E-state index in [0.717, 1.165) is 11.1 Å². The smallest absolute Gasteiger partial charge is 0.137 e. The molecule has 1 aliphatic rings. The first kappa shape index (κ1) is 8.58. The largest absolute Gasteiger partial charge is 0.506 e. The van der Waals surface area contributed by atoms with Crippen molar-refractivity contribution in [3.05, 3.63) is 47.0 Å². The Hall–Kier alpha value is -2.01. The Kier molecular flexibility index (Phi) is 2.08. The lowest BCUT2D eigenvalue weighted by atomic mass is 10.0. The van der Waals surface area contributed by atoms with Gasteiger partial charge < -0.3 is 5.11 Å². The second-order valence-electron chi connectivity index (χ2n) is 3.13. The zero-order chi connectivity index (χ0) is 9.97. The molecule has 0 aliphatic heterocycles. The van der Waals surface area contributed by atoms with Crippen molar-refractivity contribution in [2.45, 2.75) is 6.42 Å². The quantitative estimate of drug-likeness (QED) is 0.672. The van der Waals surface area contributed by atoms with Crippen molar-refractivity contribution in [3.8, 4) is 6.07 Å². The van der Waals surface area contributed by atoms with Gasteiger partial charge in [-0.25, -0.2) is 0 Å². The van der Waals surface area contributed by atoms with Crippen molar-refractivity contribution in [2.75, 3.05) is 0 Å². The number of hydrogen-bond donors (Lipinski definition) is 1. The molecule has 0 heterocycles. The second kappa shape index (κ2) is 3.39. The van der Waals surface area contributed by atoms with Crippen LogP contribution in [0.5, 0.6) is 0 Å². The Labute approximate surface area is 82.4 Å². The molecule has 1 aliphatic carbocycles. The zero-order valence-electron chi connectivity index (χ0n) is 7.57. The molecule has 0 saturated heterocycles. The minimum Gasteiger partial charge on any atom is -0.506 e. The lowest BCUT2D eigenvalue weighted by molar-refractivity contribution is 0.507. The van der Waals surface area contributed by atoms with E-state index < -0.39 is 0 Å². The number of hydrogen-bond acceptors (Lipinski definition) is 2. The fraction of sp³-hybridized carbons (Fsp3) is 0.0833. The van der Waals surface area contributed by atoms with Gasteiger partial charge in [0, 0.05) is 12.0 Å². The first-order valence-corrected chi connectivity index (χ1v) is 4.41. The highest BCUT2D eigenvalue weighted by atomic mass is 16.3. The van der Waals surface area contributed by atoms with Crippen LogP contribution in [0.4, 0.5) is 0 Å². The third kappa shape index (κ3) is 1.29. The fourth-order valence-electron chi connectivity index (χ4n) is 1.52. The number of aliphatic hydroxyl groups excluding tert-OH is 1. The van der Waals surface area contributed by atoms with Crippen LogP contribution in [-0.4, -0.2) is 5.11 Å². The van der Waals surface area contributed by atoms with E-state index in [1.807, 2.05) is 42.5 Å². The monoisotopic (exact) mass is 183 g/mol. The van der Waals surface area contributed by atoms with Gasteiger partial charge >= 0.3 is 0 Å². The molecule has 1 N–H and O–H groups in total. The normalized spacial score (nSPS) is 14.5. The summed E-state index contributed by atoms with van der Waals surface area (Å²) in [6.07, 6.45) is 4.31. The fourth-order valence-corrected chi connectivity index (χ4v) is 1.52. The average Bonchev–Trinajstić information content (AvgIpc) is 2.39. The molecule has 0 bridgehead atoms. The number of rotatable bonds is 0. The molecule has 0 fully saturated rings. The Balaban J connectivity index is 2.67.